The fourth-order valence-corrected chi connectivity index (χ4v) is 3.64. The number of hydrogen-bond donors (Lipinski definition) is 3. The van der Waals surface area contributed by atoms with Crippen molar-refractivity contribution in [2.45, 2.75) is 135 Å². The molecular weight excluding hydrogens is 324 g/mol. The summed E-state index contributed by atoms with van der Waals surface area (Å²) in [6.45, 7) is 4.36. The van der Waals surface area contributed by atoms with E-state index < -0.39 is 12.2 Å². The van der Waals surface area contributed by atoms with E-state index in [-0.39, 0.29) is 6.61 Å². The molecule has 0 aliphatic heterocycles. The van der Waals surface area contributed by atoms with Crippen molar-refractivity contribution in [3.63, 3.8) is 0 Å². The van der Waals surface area contributed by atoms with Crippen LogP contribution in [0, 0.1) is 5.92 Å². The summed E-state index contributed by atoms with van der Waals surface area (Å²) in [6, 6.07) is 0. The Bertz CT molecular complexity index is 270. The quantitative estimate of drug-likeness (QED) is 0.230. The Labute approximate surface area is 163 Å². The molecule has 0 bridgehead atoms. The number of hydrogen-bond acceptors (Lipinski definition) is 3. The molecule has 3 nitrogen and oxygen atoms in total. The first-order valence-corrected chi connectivity index (χ1v) is 11.6. The molecule has 26 heavy (non-hydrogen) atoms. The summed E-state index contributed by atoms with van der Waals surface area (Å²) in [4.78, 5) is 0. The van der Waals surface area contributed by atoms with Crippen LogP contribution in [-0.4, -0.2) is 34.1 Å². The van der Waals surface area contributed by atoms with Gasteiger partial charge in [0.05, 0.1) is 12.7 Å². The zero-order chi connectivity index (χ0) is 19.5. The Morgan fingerprint density at radius 3 is 1.35 bits per heavy atom. The molecule has 0 aromatic carbocycles. The molecule has 3 heteroatoms. The average Bonchev–Trinajstić information content (AvgIpc) is 2.65. The predicted molar refractivity (Wildman–Crippen MR) is 112 cm³/mol. The van der Waals surface area contributed by atoms with Crippen LogP contribution in [0.5, 0.6) is 0 Å². The van der Waals surface area contributed by atoms with E-state index in [1.807, 2.05) is 0 Å². The SMILES string of the molecule is CCCCCCC(C)CCCCCCCCCCCCC(O)C(O)CO. The summed E-state index contributed by atoms with van der Waals surface area (Å²) >= 11 is 0. The Hall–Kier alpha value is -0.120. The van der Waals surface area contributed by atoms with E-state index in [0.717, 1.165) is 18.8 Å². The highest BCUT2D eigenvalue weighted by atomic mass is 16.4. The van der Waals surface area contributed by atoms with Crippen LogP contribution in [0.2, 0.25) is 0 Å². The van der Waals surface area contributed by atoms with Crippen LogP contribution in [0.25, 0.3) is 0 Å². The van der Waals surface area contributed by atoms with E-state index in [4.69, 9.17) is 5.11 Å². The van der Waals surface area contributed by atoms with Crippen molar-refractivity contribution in [2.24, 2.45) is 5.92 Å². The van der Waals surface area contributed by atoms with Gasteiger partial charge in [-0.05, 0) is 12.3 Å². The van der Waals surface area contributed by atoms with Crippen molar-refractivity contribution in [1.29, 1.82) is 0 Å². The third-order valence-electron chi connectivity index (χ3n) is 5.63. The van der Waals surface area contributed by atoms with Crippen LogP contribution in [0.15, 0.2) is 0 Å². The van der Waals surface area contributed by atoms with Crippen molar-refractivity contribution in [2.75, 3.05) is 6.61 Å². The van der Waals surface area contributed by atoms with E-state index in [2.05, 4.69) is 13.8 Å². The fraction of sp³-hybridized carbons (Fsp3) is 1.00. The van der Waals surface area contributed by atoms with Crippen LogP contribution in [0.3, 0.4) is 0 Å². The topological polar surface area (TPSA) is 60.7 Å². The molecule has 3 N–H and O–H groups in total. The van der Waals surface area contributed by atoms with Gasteiger partial charge in [0, 0.05) is 0 Å². The smallest absolute Gasteiger partial charge is 0.103 e. The molecule has 0 aliphatic rings. The van der Waals surface area contributed by atoms with Crippen molar-refractivity contribution in [1.82, 2.24) is 0 Å². The molecule has 0 radical (unpaired) electrons. The van der Waals surface area contributed by atoms with E-state index in [9.17, 15) is 10.2 Å². The molecule has 0 heterocycles. The lowest BCUT2D eigenvalue weighted by molar-refractivity contribution is -0.0185. The molecule has 0 aromatic rings. The number of rotatable bonds is 20. The highest BCUT2D eigenvalue weighted by molar-refractivity contribution is 4.65. The third kappa shape index (κ3) is 17.3. The first kappa shape index (κ1) is 25.9. The second kappa shape index (κ2) is 19.6. The molecule has 0 saturated heterocycles. The van der Waals surface area contributed by atoms with Crippen LogP contribution in [0.1, 0.15) is 123 Å². The zero-order valence-corrected chi connectivity index (χ0v) is 17.8. The summed E-state index contributed by atoms with van der Waals surface area (Å²) in [5.74, 6) is 0.920. The van der Waals surface area contributed by atoms with Gasteiger partial charge in [-0.25, -0.2) is 0 Å². The molecule has 0 rings (SSSR count). The molecule has 0 fully saturated rings. The zero-order valence-electron chi connectivity index (χ0n) is 17.8. The van der Waals surface area contributed by atoms with Gasteiger partial charge in [-0.1, -0.05) is 117 Å². The summed E-state index contributed by atoms with van der Waals surface area (Å²) in [5.41, 5.74) is 0. The standard InChI is InChI=1S/C23H48O3/c1-3-4-5-14-17-21(2)18-15-12-10-8-6-7-9-11-13-16-19-22(25)23(26)20-24/h21-26H,3-20H2,1-2H3. The normalized spacial score (nSPS) is 15.1. The molecule has 0 saturated carbocycles. The van der Waals surface area contributed by atoms with Gasteiger partial charge in [0.15, 0.2) is 0 Å². The van der Waals surface area contributed by atoms with Crippen molar-refractivity contribution in [3.05, 3.63) is 0 Å². The first-order chi connectivity index (χ1) is 12.6. The molecule has 3 atom stereocenters. The maximum atomic E-state index is 9.55. The molecule has 0 aromatic heterocycles. The Morgan fingerprint density at radius 1 is 0.538 bits per heavy atom. The monoisotopic (exact) mass is 372 g/mol. The van der Waals surface area contributed by atoms with E-state index in [1.54, 1.807) is 0 Å². The van der Waals surface area contributed by atoms with Crippen molar-refractivity contribution in [3.8, 4) is 0 Å². The maximum absolute atomic E-state index is 9.55. The maximum Gasteiger partial charge on any atom is 0.103 e. The minimum atomic E-state index is -0.973. The average molecular weight is 373 g/mol. The number of aliphatic hydroxyl groups excluding tert-OH is 3. The highest BCUT2D eigenvalue weighted by Crippen LogP contribution is 2.18. The highest BCUT2D eigenvalue weighted by Gasteiger charge is 2.13. The van der Waals surface area contributed by atoms with Gasteiger partial charge in [-0.2, -0.15) is 0 Å². The van der Waals surface area contributed by atoms with Gasteiger partial charge in [0.25, 0.3) is 0 Å². The molecule has 0 amide bonds. The van der Waals surface area contributed by atoms with E-state index in [0.29, 0.717) is 6.42 Å². The summed E-state index contributed by atoms with van der Waals surface area (Å²) in [6.07, 6.45) is 20.1. The lowest BCUT2D eigenvalue weighted by Crippen LogP contribution is -2.28. The second-order valence-electron chi connectivity index (χ2n) is 8.38. The van der Waals surface area contributed by atoms with Gasteiger partial charge >= 0.3 is 0 Å². The van der Waals surface area contributed by atoms with Crippen molar-refractivity contribution >= 4 is 0 Å². The molecular formula is C23H48O3. The molecule has 0 spiro atoms. The van der Waals surface area contributed by atoms with Gasteiger partial charge in [0.1, 0.15) is 6.10 Å². The van der Waals surface area contributed by atoms with Crippen LogP contribution >= 0.6 is 0 Å². The first-order valence-electron chi connectivity index (χ1n) is 11.6. The molecule has 0 aliphatic carbocycles. The van der Waals surface area contributed by atoms with Crippen molar-refractivity contribution < 1.29 is 15.3 Å². The predicted octanol–water partition coefficient (Wildman–Crippen LogP) is 5.99. The third-order valence-corrected chi connectivity index (χ3v) is 5.63. The molecule has 3 unspecified atom stereocenters. The summed E-state index contributed by atoms with van der Waals surface area (Å²) < 4.78 is 0. The van der Waals surface area contributed by atoms with E-state index >= 15 is 0 Å². The van der Waals surface area contributed by atoms with Crippen LogP contribution in [-0.2, 0) is 0 Å². The lowest BCUT2D eigenvalue weighted by atomic mass is 9.96. The number of unbranched alkanes of at least 4 members (excludes halogenated alkanes) is 12. The van der Waals surface area contributed by atoms with Gasteiger partial charge in [0.2, 0.25) is 0 Å². The number of aliphatic hydroxyl groups is 3. The largest absolute Gasteiger partial charge is 0.394 e. The Morgan fingerprint density at radius 2 is 0.923 bits per heavy atom. The Balaban J connectivity index is 3.20. The fourth-order valence-electron chi connectivity index (χ4n) is 3.64. The van der Waals surface area contributed by atoms with Gasteiger partial charge in [-0.3, -0.25) is 0 Å². The summed E-state index contributed by atoms with van der Waals surface area (Å²) in [5, 5.41) is 27.6. The second-order valence-corrected chi connectivity index (χ2v) is 8.38. The molecule has 158 valence electrons. The van der Waals surface area contributed by atoms with E-state index in [1.165, 1.54) is 89.9 Å². The van der Waals surface area contributed by atoms with Crippen LogP contribution < -0.4 is 0 Å². The van der Waals surface area contributed by atoms with Gasteiger partial charge in [-0.15, -0.1) is 0 Å². The Kier molecular flexibility index (Phi) is 19.5. The minimum Gasteiger partial charge on any atom is -0.394 e. The van der Waals surface area contributed by atoms with Crippen LogP contribution in [0.4, 0.5) is 0 Å². The summed E-state index contributed by atoms with van der Waals surface area (Å²) in [7, 11) is 0. The minimum absolute atomic E-state index is 0.348. The van der Waals surface area contributed by atoms with Gasteiger partial charge < -0.3 is 15.3 Å². The lowest BCUT2D eigenvalue weighted by Gasteiger charge is -2.14.